The van der Waals surface area contributed by atoms with E-state index in [4.69, 9.17) is 0 Å². The molecule has 0 unspecified atom stereocenters. The van der Waals surface area contributed by atoms with E-state index in [9.17, 15) is 9.90 Å². The van der Waals surface area contributed by atoms with E-state index < -0.39 is 5.97 Å². The Balaban J connectivity index is 1.80. The molecule has 0 saturated carbocycles. The van der Waals surface area contributed by atoms with Gasteiger partial charge in [-0.25, -0.2) is 0 Å². The van der Waals surface area contributed by atoms with E-state index in [-0.39, 0.29) is 6.42 Å². The zero-order valence-electron chi connectivity index (χ0n) is 14.9. The van der Waals surface area contributed by atoms with Crippen molar-refractivity contribution in [3.8, 4) is 0 Å². The van der Waals surface area contributed by atoms with Crippen LogP contribution in [0.2, 0.25) is 0 Å². The van der Waals surface area contributed by atoms with Crippen molar-refractivity contribution < 1.29 is 9.90 Å². The maximum atomic E-state index is 11.4. The molecule has 1 aliphatic heterocycles. The molecule has 0 amide bonds. The van der Waals surface area contributed by atoms with Crippen molar-refractivity contribution in [1.29, 1.82) is 0 Å². The SMILES string of the molecule is O=C(O)CC1=c2ccc([nH]2)=Cc2ccc([nH]2)C=c2ccc([nH]2)=Cc2ccc1[nH]2. The molecule has 0 saturated heterocycles. The molecular formula is C22H18N4O2. The normalized spacial score (nSPS) is 12.8. The predicted molar refractivity (Wildman–Crippen MR) is 107 cm³/mol. The van der Waals surface area contributed by atoms with E-state index in [0.29, 0.717) is 5.57 Å². The third-order valence-electron chi connectivity index (χ3n) is 4.79. The zero-order valence-corrected chi connectivity index (χ0v) is 14.9. The summed E-state index contributed by atoms with van der Waals surface area (Å²) in [5.74, 6) is -0.872. The van der Waals surface area contributed by atoms with Crippen molar-refractivity contribution in [3.63, 3.8) is 0 Å². The highest BCUT2D eigenvalue weighted by Crippen LogP contribution is 2.15. The Morgan fingerprint density at radius 3 is 1.93 bits per heavy atom. The van der Waals surface area contributed by atoms with Gasteiger partial charge in [0, 0.05) is 49.7 Å². The Hall–Kier alpha value is -3.93. The van der Waals surface area contributed by atoms with Gasteiger partial charge in [0.05, 0.1) is 6.42 Å². The van der Waals surface area contributed by atoms with Crippen LogP contribution in [0.5, 0.6) is 0 Å². The zero-order chi connectivity index (χ0) is 19.1. The minimum atomic E-state index is -0.872. The molecule has 8 bridgehead atoms. The van der Waals surface area contributed by atoms with Gasteiger partial charge in [0.1, 0.15) is 0 Å². The van der Waals surface area contributed by atoms with Crippen LogP contribution in [0.3, 0.4) is 0 Å². The molecule has 6 nitrogen and oxygen atoms in total. The number of nitrogens with one attached hydrogen (secondary N) is 4. The van der Waals surface area contributed by atoms with Crippen LogP contribution < -0.4 is 21.4 Å². The summed E-state index contributed by atoms with van der Waals surface area (Å²) in [6.07, 6.45) is 5.98. The van der Waals surface area contributed by atoms with Crippen molar-refractivity contribution in [2.45, 2.75) is 6.42 Å². The minimum absolute atomic E-state index is 0.0752. The maximum Gasteiger partial charge on any atom is 0.307 e. The van der Waals surface area contributed by atoms with Gasteiger partial charge in [0.15, 0.2) is 0 Å². The lowest BCUT2D eigenvalue weighted by atomic mass is 10.1. The lowest BCUT2D eigenvalue weighted by molar-refractivity contribution is -0.135. The molecule has 28 heavy (non-hydrogen) atoms. The van der Waals surface area contributed by atoms with E-state index in [2.05, 4.69) is 26.0 Å². The molecule has 0 atom stereocenters. The van der Waals surface area contributed by atoms with Crippen LogP contribution in [0.4, 0.5) is 0 Å². The summed E-state index contributed by atoms with van der Waals surface area (Å²) in [5.41, 5.74) is 4.37. The summed E-state index contributed by atoms with van der Waals surface area (Å²) in [4.78, 5) is 24.8. The number of H-pyrrole nitrogens is 4. The quantitative estimate of drug-likeness (QED) is 0.354. The number of carboxylic acids is 1. The highest BCUT2D eigenvalue weighted by molar-refractivity contribution is 5.82. The number of aromatic nitrogens is 4. The molecule has 1 aliphatic rings. The number of aliphatic carboxylic acids is 1. The van der Waals surface area contributed by atoms with Crippen LogP contribution in [0, 0.1) is 0 Å². The van der Waals surface area contributed by atoms with Gasteiger partial charge in [-0.05, 0) is 66.8 Å². The van der Waals surface area contributed by atoms with Crippen LogP contribution in [0.25, 0.3) is 23.8 Å². The molecule has 0 spiro atoms. The first-order valence-corrected chi connectivity index (χ1v) is 9.01. The molecule has 0 fully saturated rings. The number of carboxylic acid groups (broad SMARTS) is 1. The van der Waals surface area contributed by atoms with Gasteiger partial charge in [0.25, 0.3) is 0 Å². The first-order valence-electron chi connectivity index (χ1n) is 9.01. The highest BCUT2D eigenvalue weighted by Gasteiger charge is 2.11. The molecule has 4 aromatic heterocycles. The van der Waals surface area contributed by atoms with Gasteiger partial charge in [-0.15, -0.1) is 0 Å². The minimum Gasteiger partial charge on any atom is -0.481 e. The second-order valence-electron chi connectivity index (χ2n) is 6.87. The molecule has 4 aromatic rings. The number of fused-ring (bicyclic) bond motifs is 8. The molecule has 5 rings (SSSR count). The van der Waals surface area contributed by atoms with Gasteiger partial charge < -0.3 is 25.0 Å². The molecule has 0 aliphatic carbocycles. The summed E-state index contributed by atoms with van der Waals surface area (Å²) in [6.45, 7) is 0. The van der Waals surface area contributed by atoms with E-state index in [1.54, 1.807) is 0 Å². The van der Waals surface area contributed by atoms with Crippen LogP contribution in [-0.4, -0.2) is 31.0 Å². The Morgan fingerprint density at radius 2 is 1.25 bits per heavy atom. The largest absolute Gasteiger partial charge is 0.481 e. The molecule has 5 heterocycles. The van der Waals surface area contributed by atoms with E-state index in [1.165, 1.54) is 0 Å². The fourth-order valence-corrected chi connectivity index (χ4v) is 3.53. The topological polar surface area (TPSA) is 100 Å². The highest BCUT2D eigenvalue weighted by atomic mass is 16.4. The molecule has 6 heteroatoms. The van der Waals surface area contributed by atoms with Gasteiger partial charge in [-0.2, -0.15) is 0 Å². The first-order chi connectivity index (χ1) is 13.6. The third-order valence-corrected chi connectivity index (χ3v) is 4.79. The molecule has 138 valence electrons. The van der Waals surface area contributed by atoms with E-state index in [1.807, 2.05) is 60.7 Å². The van der Waals surface area contributed by atoms with Gasteiger partial charge in [-0.1, -0.05) is 0 Å². The fraction of sp³-hybridized carbons (Fsp3) is 0.0455. The van der Waals surface area contributed by atoms with Crippen LogP contribution in [0.1, 0.15) is 29.2 Å². The lowest BCUT2D eigenvalue weighted by Crippen LogP contribution is -2.16. The summed E-state index contributed by atoms with van der Waals surface area (Å²) < 4.78 is 0. The van der Waals surface area contributed by atoms with Gasteiger partial charge >= 0.3 is 5.97 Å². The first kappa shape index (κ1) is 16.3. The molecule has 0 aromatic carbocycles. The van der Waals surface area contributed by atoms with E-state index in [0.717, 1.165) is 44.2 Å². The average molecular weight is 370 g/mol. The Bertz CT molecular complexity index is 1430. The summed E-state index contributed by atoms with van der Waals surface area (Å²) in [7, 11) is 0. The van der Waals surface area contributed by atoms with Crippen molar-refractivity contribution in [2.75, 3.05) is 0 Å². The average Bonchev–Trinajstić information content (AvgIpc) is 3.43. The van der Waals surface area contributed by atoms with Crippen LogP contribution >= 0.6 is 0 Å². The van der Waals surface area contributed by atoms with Crippen LogP contribution in [-0.2, 0) is 4.79 Å². The summed E-state index contributed by atoms with van der Waals surface area (Å²) in [6, 6.07) is 15.8. The third kappa shape index (κ3) is 3.12. The van der Waals surface area contributed by atoms with Gasteiger partial charge in [0.2, 0.25) is 0 Å². The number of rotatable bonds is 2. The van der Waals surface area contributed by atoms with Crippen molar-refractivity contribution in [2.24, 2.45) is 0 Å². The van der Waals surface area contributed by atoms with Crippen LogP contribution in [0.15, 0.2) is 48.5 Å². The Morgan fingerprint density at radius 1 is 0.679 bits per heavy atom. The second kappa shape index (κ2) is 6.35. The number of hydrogen-bond donors (Lipinski definition) is 5. The molecule has 0 radical (unpaired) electrons. The standard InChI is InChI=1S/C22H18N4O2/c27-22(28)12-19-20-7-5-17(25-20)10-15-3-1-13(23-15)9-14-2-4-16(24-14)11-18-6-8-21(19)26-18/h1-11,23-26H,12H2,(H,27,28). The fourth-order valence-electron chi connectivity index (χ4n) is 3.53. The number of carbonyl (C=O) groups is 1. The Labute approximate surface area is 159 Å². The summed E-state index contributed by atoms with van der Waals surface area (Å²) in [5, 5.41) is 13.0. The lowest BCUT2D eigenvalue weighted by Gasteiger charge is -2.01. The molecular weight excluding hydrogens is 352 g/mol. The van der Waals surface area contributed by atoms with Crippen molar-refractivity contribution >= 4 is 29.8 Å². The van der Waals surface area contributed by atoms with Crippen molar-refractivity contribution in [3.05, 3.63) is 92.7 Å². The Kier molecular flexibility index (Phi) is 3.69. The van der Waals surface area contributed by atoms with Crippen molar-refractivity contribution in [1.82, 2.24) is 19.9 Å². The molecule has 5 N–H and O–H groups in total. The maximum absolute atomic E-state index is 11.4. The second-order valence-corrected chi connectivity index (χ2v) is 6.87. The monoisotopic (exact) mass is 370 g/mol. The number of hydrogen-bond acceptors (Lipinski definition) is 1. The van der Waals surface area contributed by atoms with Gasteiger partial charge in [-0.3, -0.25) is 4.79 Å². The van der Waals surface area contributed by atoms with E-state index >= 15 is 0 Å². The summed E-state index contributed by atoms with van der Waals surface area (Å²) >= 11 is 0. The number of aromatic amines is 4. The smallest absolute Gasteiger partial charge is 0.307 e. The predicted octanol–water partition coefficient (Wildman–Crippen LogP) is 0.473.